The fraction of sp³-hybridized carbons (Fsp3) is 0.278. The molecule has 9 heteroatoms. The van der Waals surface area contributed by atoms with Gasteiger partial charge in [-0.3, -0.25) is 19.0 Å². The Balaban J connectivity index is 1.83. The molecule has 0 bridgehead atoms. The van der Waals surface area contributed by atoms with E-state index >= 15 is 0 Å². The lowest BCUT2D eigenvalue weighted by Gasteiger charge is -2.08. The summed E-state index contributed by atoms with van der Waals surface area (Å²) >= 11 is 0. The highest BCUT2D eigenvalue weighted by molar-refractivity contribution is 5.82. The molecule has 0 radical (unpaired) electrons. The lowest BCUT2D eigenvalue weighted by Crippen LogP contribution is -2.35. The van der Waals surface area contributed by atoms with Crippen LogP contribution in [-0.4, -0.2) is 44.4 Å². The van der Waals surface area contributed by atoms with E-state index in [-0.39, 0.29) is 25.3 Å². The highest BCUT2D eigenvalue weighted by Crippen LogP contribution is 2.16. The Hall–Kier alpha value is -3.49. The standard InChI is InChI=1S/C18H19N5O4/c1-3-27-16(25)9-19-15(24)10-22-11-20-17-13(18(22)26)8-21-23(17)14-7-5-4-6-12(14)2/h4-8,11H,3,9-10H2,1-2H3,(H,19,24). The Morgan fingerprint density at radius 2 is 2.04 bits per heavy atom. The number of ether oxygens (including phenoxy) is 1. The minimum atomic E-state index is -0.536. The molecule has 3 aromatic rings. The van der Waals surface area contributed by atoms with E-state index in [9.17, 15) is 14.4 Å². The first-order chi connectivity index (χ1) is 13.0. The maximum atomic E-state index is 12.6. The minimum absolute atomic E-state index is 0.236. The summed E-state index contributed by atoms with van der Waals surface area (Å²) in [5, 5.41) is 6.98. The van der Waals surface area contributed by atoms with Crippen LogP contribution in [-0.2, 0) is 20.9 Å². The van der Waals surface area contributed by atoms with Crippen LogP contribution in [0.5, 0.6) is 0 Å². The summed E-state index contributed by atoms with van der Waals surface area (Å²) in [4.78, 5) is 40.2. The van der Waals surface area contributed by atoms with Gasteiger partial charge >= 0.3 is 5.97 Å². The molecule has 9 nitrogen and oxygen atoms in total. The van der Waals surface area contributed by atoms with Crippen molar-refractivity contribution in [3.63, 3.8) is 0 Å². The molecule has 0 fully saturated rings. The highest BCUT2D eigenvalue weighted by Gasteiger charge is 2.14. The van der Waals surface area contributed by atoms with Gasteiger partial charge in [-0.15, -0.1) is 0 Å². The van der Waals surface area contributed by atoms with E-state index in [1.165, 1.54) is 17.1 Å². The number of aryl methyl sites for hydroxylation is 1. The number of aromatic nitrogens is 4. The van der Waals surface area contributed by atoms with Crippen LogP contribution in [0.2, 0.25) is 0 Å². The fourth-order valence-electron chi connectivity index (χ4n) is 2.63. The van der Waals surface area contributed by atoms with Gasteiger partial charge in [-0.1, -0.05) is 18.2 Å². The maximum Gasteiger partial charge on any atom is 0.325 e. The number of nitrogens with one attached hydrogen (secondary N) is 1. The van der Waals surface area contributed by atoms with Crippen LogP contribution in [0.25, 0.3) is 16.7 Å². The van der Waals surface area contributed by atoms with Crippen LogP contribution in [0.3, 0.4) is 0 Å². The number of hydrogen-bond donors (Lipinski definition) is 1. The molecule has 2 heterocycles. The van der Waals surface area contributed by atoms with Crippen LogP contribution >= 0.6 is 0 Å². The third-order valence-electron chi connectivity index (χ3n) is 3.95. The lowest BCUT2D eigenvalue weighted by molar-refractivity contribution is -0.143. The van der Waals surface area contributed by atoms with Gasteiger partial charge in [-0.2, -0.15) is 5.10 Å². The van der Waals surface area contributed by atoms with Crippen molar-refractivity contribution in [2.24, 2.45) is 0 Å². The summed E-state index contributed by atoms with van der Waals surface area (Å²) in [5.74, 6) is -1.02. The summed E-state index contributed by atoms with van der Waals surface area (Å²) in [6, 6.07) is 7.63. The SMILES string of the molecule is CCOC(=O)CNC(=O)Cn1cnc2c(cnn2-c2ccccc2C)c1=O. The zero-order chi connectivity index (χ0) is 19.4. The summed E-state index contributed by atoms with van der Waals surface area (Å²) in [6.07, 6.45) is 2.73. The van der Waals surface area contributed by atoms with Gasteiger partial charge in [-0.25, -0.2) is 9.67 Å². The number of amides is 1. The molecule has 0 aliphatic carbocycles. The van der Waals surface area contributed by atoms with Crippen molar-refractivity contribution in [2.75, 3.05) is 13.2 Å². The topological polar surface area (TPSA) is 108 Å². The number of para-hydroxylation sites is 1. The molecule has 1 N–H and O–H groups in total. The Labute approximate surface area is 154 Å². The molecule has 1 aromatic carbocycles. The largest absolute Gasteiger partial charge is 0.465 e. The third kappa shape index (κ3) is 3.86. The zero-order valence-electron chi connectivity index (χ0n) is 15.0. The number of carbonyl (C=O) groups excluding carboxylic acids is 2. The average molecular weight is 369 g/mol. The molecule has 27 heavy (non-hydrogen) atoms. The number of hydrogen-bond acceptors (Lipinski definition) is 6. The van der Waals surface area contributed by atoms with Gasteiger partial charge in [0, 0.05) is 0 Å². The van der Waals surface area contributed by atoms with Gasteiger partial charge in [-0.05, 0) is 25.5 Å². The van der Waals surface area contributed by atoms with Crippen molar-refractivity contribution >= 4 is 22.9 Å². The first-order valence-corrected chi connectivity index (χ1v) is 8.42. The van der Waals surface area contributed by atoms with Crippen molar-refractivity contribution in [3.05, 3.63) is 52.7 Å². The molecule has 0 atom stereocenters. The van der Waals surface area contributed by atoms with E-state index in [1.807, 2.05) is 31.2 Å². The molecular formula is C18H19N5O4. The predicted molar refractivity (Wildman–Crippen MR) is 97.5 cm³/mol. The predicted octanol–water partition coefficient (Wildman–Crippen LogP) is 0.570. The van der Waals surface area contributed by atoms with Crippen molar-refractivity contribution in [1.82, 2.24) is 24.6 Å². The summed E-state index contributed by atoms with van der Waals surface area (Å²) in [6.45, 7) is 3.36. The number of nitrogens with zero attached hydrogens (tertiary/aromatic N) is 4. The Bertz CT molecular complexity index is 1050. The van der Waals surface area contributed by atoms with Gasteiger partial charge in [0.1, 0.15) is 24.8 Å². The lowest BCUT2D eigenvalue weighted by atomic mass is 10.2. The molecule has 0 saturated carbocycles. The van der Waals surface area contributed by atoms with Crippen molar-refractivity contribution in [2.45, 2.75) is 20.4 Å². The average Bonchev–Trinajstić information content (AvgIpc) is 3.08. The van der Waals surface area contributed by atoms with E-state index in [2.05, 4.69) is 15.4 Å². The van der Waals surface area contributed by atoms with Crippen molar-refractivity contribution in [1.29, 1.82) is 0 Å². The number of carbonyl (C=O) groups is 2. The first kappa shape index (κ1) is 18.3. The second-order valence-electron chi connectivity index (χ2n) is 5.84. The third-order valence-corrected chi connectivity index (χ3v) is 3.95. The number of esters is 1. The highest BCUT2D eigenvalue weighted by atomic mass is 16.5. The molecule has 2 aromatic heterocycles. The van der Waals surface area contributed by atoms with Crippen LogP contribution in [0.15, 0.2) is 41.6 Å². The Morgan fingerprint density at radius 3 is 2.78 bits per heavy atom. The van der Waals surface area contributed by atoms with Crippen LogP contribution in [0.1, 0.15) is 12.5 Å². The number of benzene rings is 1. The first-order valence-electron chi connectivity index (χ1n) is 8.42. The molecule has 0 aliphatic rings. The van der Waals surface area contributed by atoms with Crippen molar-refractivity contribution < 1.29 is 14.3 Å². The second-order valence-corrected chi connectivity index (χ2v) is 5.84. The molecule has 1 amide bonds. The number of rotatable bonds is 6. The fourth-order valence-corrected chi connectivity index (χ4v) is 2.63. The molecular weight excluding hydrogens is 350 g/mol. The molecule has 0 saturated heterocycles. The molecule has 0 spiro atoms. The summed E-state index contributed by atoms with van der Waals surface area (Å²) in [7, 11) is 0. The Kier molecular flexibility index (Phi) is 5.30. The van der Waals surface area contributed by atoms with Gasteiger partial charge in [0.25, 0.3) is 5.56 Å². The molecule has 140 valence electrons. The van der Waals surface area contributed by atoms with E-state index in [4.69, 9.17) is 4.74 Å². The number of fused-ring (bicyclic) bond motifs is 1. The Morgan fingerprint density at radius 1 is 1.26 bits per heavy atom. The maximum absolute atomic E-state index is 12.6. The smallest absolute Gasteiger partial charge is 0.325 e. The van der Waals surface area contributed by atoms with Crippen LogP contribution < -0.4 is 10.9 Å². The van der Waals surface area contributed by atoms with Crippen LogP contribution in [0.4, 0.5) is 0 Å². The van der Waals surface area contributed by atoms with Gasteiger partial charge in [0.05, 0.1) is 18.5 Å². The monoisotopic (exact) mass is 369 g/mol. The quantitative estimate of drug-likeness (QED) is 0.637. The van der Waals surface area contributed by atoms with Gasteiger partial charge in [0.15, 0.2) is 5.65 Å². The second kappa shape index (κ2) is 7.81. The zero-order valence-corrected chi connectivity index (χ0v) is 15.0. The summed E-state index contributed by atoms with van der Waals surface area (Å²) in [5.41, 5.74) is 1.85. The minimum Gasteiger partial charge on any atom is -0.465 e. The molecule has 0 aliphatic heterocycles. The van der Waals surface area contributed by atoms with Crippen LogP contribution in [0, 0.1) is 6.92 Å². The van der Waals surface area contributed by atoms with Gasteiger partial charge < -0.3 is 10.1 Å². The molecule has 3 rings (SSSR count). The summed E-state index contributed by atoms with van der Waals surface area (Å²) < 4.78 is 7.50. The van der Waals surface area contributed by atoms with E-state index in [1.54, 1.807) is 11.6 Å². The molecule has 0 unspecified atom stereocenters. The normalized spacial score (nSPS) is 10.7. The van der Waals surface area contributed by atoms with Crippen molar-refractivity contribution in [3.8, 4) is 5.69 Å². The van der Waals surface area contributed by atoms with E-state index in [0.29, 0.717) is 11.0 Å². The van der Waals surface area contributed by atoms with E-state index < -0.39 is 11.9 Å². The van der Waals surface area contributed by atoms with Gasteiger partial charge in [0.2, 0.25) is 5.91 Å². The van der Waals surface area contributed by atoms with E-state index in [0.717, 1.165) is 11.3 Å².